The lowest BCUT2D eigenvalue weighted by molar-refractivity contribution is -0.152. The Balaban J connectivity index is 2.03. The number of nitrogens with one attached hydrogen (secondary N) is 1. The van der Waals surface area contributed by atoms with Crippen LogP contribution in [-0.2, 0) is 20.8 Å². The molecule has 0 saturated heterocycles. The molecule has 0 fully saturated rings. The van der Waals surface area contributed by atoms with Crippen molar-refractivity contribution >= 4 is 35.3 Å². The zero-order chi connectivity index (χ0) is 19.9. The number of rotatable bonds is 8. The summed E-state index contributed by atoms with van der Waals surface area (Å²) in [6.07, 6.45) is 4.14. The molecule has 8 heteroatoms. The number of aromatic nitrogens is 1. The van der Waals surface area contributed by atoms with Gasteiger partial charge in [0.25, 0.3) is 0 Å². The van der Waals surface area contributed by atoms with Crippen LogP contribution in [0, 0.1) is 0 Å². The van der Waals surface area contributed by atoms with Crippen LogP contribution in [0.2, 0.25) is 5.02 Å². The molecule has 0 aliphatic heterocycles. The van der Waals surface area contributed by atoms with E-state index in [9.17, 15) is 19.5 Å². The standard InChI is InChI=1S/C19H18ClN3O4/c20-14-7-4-13(5-8-14)6-11-17(25)23-19(21,18(26)27)16(24)10-9-15-3-1-2-12-22-15/h1-8,11-12H,9-10,21H2,(H,23,25)(H,26,27)/t19-/m0/s1. The van der Waals surface area contributed by atoms with Gasteiger partial charge in [-0.2, -0.15) is 0 Å². The van der Waals surface area contributed by atoms with E-state index in [1.807, 2.05) is 0 Å². The quantitative estimate of drug-likeness (QED) is 0.360. The van der Waals surface area contributed by atoms with Gasteiger partial charge in [-0.05, 0) is 42.3 Å². The minimum Gasteiger partial charge on any atom is -0.478 e. The molecule has 2 rings (SSSR count). The number of carboxylic acid groups (broad SMARTS) is 1. The summed E-state index contributed by atoms with van der Waals surface area (Å²) in [5.41, 5.74) is 4.46. The Kier molecular flexibility index (Phi) is 6.81. The van der Waals surface area contributed by atoms with Gasteiger partial charge in [0, 0.05) is 29.4 Å². The van der Waals surface area contributed by atoms with E-state index in [1.165, 1.54) is 6.08 Å². The summed E-state index contributed by atoms with van der Waals surface area (Å²) in [6.45, 7) is 0. The normalized spacial score (nSPS) is 13.1. The van der Waals surface area contributed by atoms with E-state index in [1.54, 1.807) is 48.7 Å². The van der Waals surface area contributed by atoms with Gasteiger partial charge in [-0.3, -0.25) is 20.3 Å². The molecule has 0 aliphatic carbocycles. The van der Waals surface area contributed by atoms with E-state index in [4.69, 9.17) is 17.3 Å². The van der Waals surface area contributed by atoms with Crippen LogP contribution in [0.15, 0.2) is 54.7 Å². The number of carbonyl (C=O) groups is 3. The number of carbonyl (C=O) groups excluding carboxylic acids is 2. The molecule has 1 aromatic carbocycles. The average molecular weight is 388 g/mol. The maximum atomic E-state index is 12.3. The lowest BCUT2D eigenvalue weighted by Gasteiger charge is -2.23. The lowest BCUT2D eigenvalue weighted by Crippen LogP contribution is -2.66. The summed E-state index contributed by atoms with van der Waals surface area (Å²) < 4.78 is 0. The number of Topliss-reactive ketones (excluding diaryl/α,β-unsaturated/α-hetero) is 1. The molecular formula is C19H18ClN3O4. The fourth-order valence-electron chi connectivity index (χ4n) is 2.21. The summed E-state index contributed by atoms with van der Waals surface area (Å²) in [6, 6.07) is 11.8. The molecule has 1 heterocycles. The molecule has 1 amide bonds. The van der Waals surface area contributed by atoms with Crippen molar-refractivity contribution in [2.24, 2.45) is 5.73 Å². The molecule has 2 aromatic rings. The van der Waals surface area contributed by atoms with Gasteiger partial charge < -0.3 is 10.4 Å². The van der Waals surface area contributed by atoms with Gasteiger partial charge in [-0.1, -0.05) is 29.8 Å². The van der Waals surface area contributed by atoms with Crippen molar-refractivity contribution in [1.29, 1.82) is 0 Å². The highest BCUT2D eigenvalue weighted by atomic mass is 35.5. The van der Waals surface area contributed by atoms with Crippen molar-refractivity contribution in [3.05, 3.63) is 71.0 Å². The fourth-order valence-corrected chi connectivity index (χ4v) is 2.34. The van der Waals surface area contributed by atoms with Gasteiger partial charge in [-0.25, -0.2) is 4.79 Å². The van der Waals surface area contributed by atoms with Crippen molar-refractivity contribution in [3.8, 4) is 0 Å². The average Bonchev–Trinajstić information content (AvgIpc) is 2.66. The van der Waals surface area contributed by atoms with Crippen molar-refractivity contribution < 1.29 is 19.5 Å². The predicted molar refractivity (Wildman–Crippen MR) is 101 cm³/mol. The second-order valence-corrected chi connectivity index (χ2v) is 6.17. The second kappa shape index (κ2) is 9.07. The molecular weight excluding hydrogens is 370 g/mol. The number of pyridine rings is 1. The number of aliphatic carboxylic acids is 1. The molecule has 7 nitrogen and oxygen atoms in total. The smallest absolute Gasteiger partial charge is 0.352 e. The van der Waals surface area contributed by atoms with Crippen molar-refractivity contribution in [2.45, 2.75) is 18.5 Å². The predicted octanol–water partition coefficient (Wildman–Crippen LogP) is 1.81. The number of amides is 1. The monoisotopic (exact) mass is 387 g/mol. The lowest BCUT2D eigenvalue weighted by atomic mass is 10.00. The molecule has 27 heavy (non-hydrogen) atoms. The van der Waals surface area contributed by atoms with Crippen LogP contribution in [0.3, 0.4) is 0 Å². The number of hydrogen-bond acceptors (Lipinski definition) is 5. The molecule has 1 aromatic heterocycles. The zero-order valence-corrected chi connectivity index (χ0v) is 15.0. The highest BCUT2D eigenvalue weighted by molar-refractivity contribution is 6.30. The van der Waals surface area contributed by atoms with Gasteiger partial charge in [0.2, 0.25) is 11.6 Å². The van der Waals surface area contributed by atoms with Crippen LogP contribution >= 0.6 is 11.6 Å². The molecule has 0 radical (unpaired) electrons. The summed E-state index contributed by atoms with van der Waals surface area (Å²) >= 11 is 5.78. The van der Waals surface area contributed by atoms with E-state index in [2.05, 4.69) is 10.3 Å². The summed E-state index contributed by atoms with van der Waals surface area (Å²) in [5, 5.41) is 12.0. The van der Waals surface area contributed by atoms with Crippen LogP contribution in [0.1, 0.15) is 17.7 Å². The maximum absolute atomic E-state index is 12.3. The van der Waals surface area contributed by atoms with Crippen LogP contribution in [0.4, 0.5) is 0 Å². The number of halogens is 1. The minimum absolute atomic E-state index is 0.180. The van der Waals surface area contributed by atoms with Gasteiger partial charge in [-0.15, -0.1) is 0 Å². The van der Waals surface area contributed by atoms with E-state index in [-0.39, 0.29) is 12.8 Å². The largest absolute Gasteiger partial charge is 0.478 e. The Morgan fingerprint density at radius 1 is 1.19 bits per heavy atom. The number of nitrogens with two attached hydrogens (primary N) is 1. The van der Waals surface area contributed by atoms with E-state index >= 15 is 0 Å². The topological polar surface area (TPSA) is 122 Å². The molecule has 0 spiro atoms. The number of hydrogen-bond donors (Lipinski definition) is 3. The number of aryl methyl sites for hydroxylation is 1. The number of benzene rings is 1. The van der Waals surface area contributed by atoms with Gasteiger partial charge in [0.1, 0.15) is 0 Å². The first-order valence-corrected chi connectivity index (χ1v) is 8.40. The third-order valence-electron chi connectivity index (χ3n) is 3.73. The van der Waals surface area contributed by atoms with Gasteiger partial charge >= 0.3 is 5.97 Å². The van der Waals surface area contributed by atoms with Crippen molar-refractivity contribution in [1.82, 2.24) is 10.3 Å². The Morgan fingerprint density at radius 2 is 1.89 bits per heavy atom. The Bertz CT molecular complexity index is 853. The van der Waals surface area contributed by atoms with Gasteiger partial charge in [0.15, 0.2) is 5.78 Å². The van der Waals surface area contributed by atoms with Crippen LogP contribution in [0.5, 0.6) is 0 Å². The first-order valence-electron chi connectivity index (χ1n) is 8.02. The van der Waals surface area contributed by atoms with Crippen LogP contribution < -0.4 is 11.1 Å². The summed E-state index contributed by atoms with van der Waals surface area (Å²) in [5.74, 6) is -3.27. The number of nitrogens with zero attached hydrogens (tertiary/aromatic N) is 1. The summed E-state index contributed by atoms with van der Waals surface area (Å²) in [7, 11) is 0. The Hall–Kier alpha value is -3.03. The molecule has 140 valence electrons. The molecule has 0 aliphatic rings. The first kappa shape index (κ1) is 20.3. The highest BCUT2D eigenvalue weighted by Gasteiger charge is 2.42. The summed E-state index contributed by atoms with van der Waals surface area (Å²) in [4.78, 5) is 40.0. The fraction of sp³-hybridized carbons (Fsp3) is 0.158. The molecule has 0 saturated carbocycles. The molecule has 1 atom stereocenters. The van der Waals surface area contributed by atoms with E-state index in [0.717, 1.165) is 6.08 Å². The Morgan fingerprint density at radius 3 is 2.48 bits per heavy atom. The second-order valence-electron chi connectivity index (χ2n) is 5.73. The highest BCUT2D eigenvalue weighted by Crippen LogP contribution is 2.11. The molecule has 4 N–H and O–H groups in total. The third-order valence-corrected chi connectivity index (χ3v) is 3.98. The van der Waals surface area contributed by atoms with Crippen LogP contribution in [-0.4, -0.2) is 33.4 Å². The SMILES string of the molecule is N[C@@](NC(=O)C=Cc1ccc(Cl)cc1)(C(=O)O)C(=O)CCc1ccccn1. The minimum atomic E-state index is -2.52. The Labute approximate surface area is 160 Å². The van der Waals surface area contributed by atoms with Gasteiger partial charge in [0.05, 0.1) is 0 Å². The third kappa shape index (κ3) is 5.73. The zero-order valence-electron chi connectivity index (χ0n) is 14.3. The van der Waals surface area contributed by atoms with Crippen LogP contribution in [0.25, 0.3) is 6.08 Å². The number of carboxylic acids is 1. The van der Waals surface area contributed by atoms with E-state index in [0.29, 0.717) is 16.3 Å². The van der Waals surface area contributed by atoms with E-state index < -0.39 is 23.3 Å². The molecule has 0 bridgehead atoms. The van der Waals surface area contributed by atoms with Crippen molar-refractivity contribution in [3.63, 3.8) is 0 Å². The first-order chi connectivity index (χ1) is 12.8. The number of ketones is 1. The molecule has 0 unspecified atom stereocenters. The van der Waals surface area contributed by atoms with Crippen molar-refractivity contribution in [2.75, 3.05) is 0 Å². The maximum Gasteiger partial charge on any atom is 0.352 e.